The fraction of sp³-hybridized carbons (Fsp3) is 0.351. The highest BCUT2D eigenvalue weighted by Crippen LogP contribution is 2.41. The van der Waals surface area contributed by atoms with Crippen LogP contribution in [0.3, 0.4) is 0 Å². The summed E-state index contributed by atoms with van der Waals surface area (Å²) < 4.78 is 6.27. The predicted molar refractivity (Wildman–Crippen MR) is 180 cm³/mol. The van der Waals surface area contributed by atoms with Crippen LogP contribution in [0.5, 0.6) is 5.75 Å². The van der Waals surface area contributed by atoms with E-state index in [4.69, 9.17) is 10.5 Å². The van der Waals surface area contributed by atoms with Gasteiger partial charge in [-0.25, -0.2) is 0 Å². The minimum absolute atomic E-state index is 0.00539. The van der Waals surface area contributed by atoms with Gasteiger partial charge in [-0.05, 0) is 109 Å². The Morgan fingerprint density at radius 3 is 2.31 bits per heavy atom. The molecule has 3 aromatic rings. The molecule has 6 bridgehead atoms. The first-order valence-electron chi connectivity index (χ1n) is 15.0. The Kier molecular flexibility index (Phi) is 12.9. The van der Waals surface area contributed by atoms with E-state index >= 15 is 0 Å². The summed E-state index contributed by atoms with van der Waals surface area (Å²) in [7, 11) is 1.95. The van der Waals surface area contributed by atoms with E-state index in [-0.39, 0.29) is 5.78 Å². The number of anilines is 1. The SMILES string of the molecule is CC.CC.CNC1(/C(C)=C/N=CC(C)C)c2ccc(N)c(c2)OCc2cccc(c2)/C(=C/C(C)=O)c2cc1ccc2C. The maximum Gasteiger partial charge on any atom is 0.153 e. The summed E-state index contributed by atoms with van der Waals surface area (Å²) in [6.45, 7) is 18.3. The average molecular weight is 568 g/mol. The molecule has 0 aromatic heterocycles. The molecule has 0 amide bonds. The molecule has 0 aliphatic carbocycles. The van der Waals surface area contributed by atoms with Gasteiger partial charge in [0.1, 0.15) is 12.4 Å². The van der Waals surface area contributed by atoms with Crippen molar-refractivity contribution >= 4 is 23.3 Å². The Labute approximate surface area is 253 Å². The average Bonchev–Trinajstić information content (AvgIpc) is 2.99. The van der Waals surface area contributed by atoms with Crippen LogP contribution in [0.2, 0.25) is 0 Å². The van der Waals surface area contributed by atoms with Crippen LogP contribution in [0.25, 0.3) is 5.57 Å². The van der Waals surface area contributed by atoms with E-state index < -0.39 is 5.54 Å². The molecule has 1 aliphatic rings. The normalized spacial score (nSPS) is 17.1. The molecule has 42 heavy (non-hydrogen) atoms. The first-order valence-corrected chi connectivity index (χ1v) is 15.0. The molecule has 3 N–H and O–H groups in total. The smallest absolute Gasteiger partial charge is 0.153 e. The Hall–Kier alpha value is -3.96. The Bertz CT molecular complexity index is 1450. The van der Waals surface area contributed by atoms with Crippen LogP contribution < -0.4 is 15.8 Å². The summed E-state index contributed by atoms with van der Waals surface area (Å²) in [4.78, 5) is 17.0. The van der Waals surface area contributed by atoms with Gasteiger partial charge >= 0.3 is 0 Å². The summed E-state index contributed by atoms with van der Waals surface area (Å²) >= 11 is 0. The van der Waals surface area contributed by atoms with Crippen molar-refractivity contribution in [2.24, 2.45) is 10.9 Å². The molecule has 1 atom stereocenters. The molecule has 0 spiro atoms. The second kappa shape index (κ2) is 15.9. The van der Waals surface area contributed by atoms with E-state index in [1.165, 1.54) is 0 Å². The van der Waals surface area contributed by atoms with Gasteiger partial charge in [0.05, 0.1) is 11.2 Å². The number of likely N-dealkylation sites (N-methyl/N-ethyl adjacent to an activating group) is 1. The summed E-state index contributed by atoms with van der Waals surface area (Å²) in [6.07, 6.45) is 5.58. The first-order chi connectivity index (χ1) is 20.1. The van der Waals surface area contributed by atoms with Crippen LogP contribution in [-0.2, 0) is 16.9 Å². The topological polar surface area (TPSA) is 76.7 Å². The van der Waals surface area contributed by atoms with Crippen molar-refractivity contribution in [3.63, 3.8) is 0 Å². The summed E-state index contributed by atoms with van der Waals surface area (Å²) in [5, 5.41) is 3.62. The molecule has 0 saturated carbocycles. The molecule has 5 heteroatoms. The van der Waals surface area contributed by atoms with Crippen LogP contribution in [0.4, 0.5) is 5.69 Å². The molecule has 0 saturated heterocycles. The van der Waals surface area contributed by atoms with Gasteiger partial charge in [0.15, 0.2) is 5.78 Å². The highest BCUT2D eigenvalue weighted by Gasteiger charge is 2.36. The fourth-order valence-corrected chi connectivity index (χ4v) is 5.08. The van der Waals surface area contributed by atoms with Gasteiger partial charge in [-0.3, -0.25) is 9.79 Å². The number of allylic oxidation sites excluding steroid dienone is 1. The molecule has 1 heterocycles. The number of carbonyl (C=O) groups excluding carboxylic acids is 1. The fourth-order valence-electron chi connectivity index (χ4n) is 5.08. The van der Waals surface area contributed by atoms with E-state index in [0.717, 1.165) is 44.5 Å². The molecule has 0 radical (unpaired) electrons. The molecule has 0 fully saturated rings. The number of carbonyl (C=O) groups is 1. The van der Waals surface area contributed by atoms with Crippen LogP contribution in [0, 0.1) is 12.8 Å². The quantitative estimate of drug-likeness (QED) is 0.184. The third-order valence-corrected chi connectivity index (χ3v) is 7.01. The number of hydrogen-bond acceptors (Lipinski definition) is 5. The standard InChI is InChI=1S/C33H37N3O2.2C2H6/c1-21(2)18-36-19-23(4)33(35-6)27-11-10-22(3)29(16-27)30(14-24(5)37)26-9-7-8-25(15-26)20-38-32-17-28(33)12-13-31(32)34;2*1-2/h7-19,21,35H,20,34H2,1-6H3;2*1-2H3/b23-19+,30-14-,36-18?;;. The van der Waals surface area contributed by atoms with Crippen LogP contribution in [0.1, 0.15) is 88.8 Å². The van der Waals surface area contributed by atoms with Crippen molar-refractivity contribution in [2.75, 3.05) is 12.8 Å². The highest BCUT2D eigenvalue weighted by molar-refractivity contribution is 5.99. The number of aliphatic imine (C=N–C) groups is 1. The van der Waals surface area contributed by atoms with Gasteiger partial charge in [-0.2, -0.15) is 0 Å². The maximum atomic E-state index is 12.4. The summed E-state index contributed by atoms with van der Waals surface area (Å²) in [5.41, 5.74) is 14.2. The lowest BCUT2D eigenvalue weighted by Gasteiger charge is -2.37. The third kappa shape index (κ3) is 7.65. The zero-order valence-electron chi connectivity index (χ0n) is 27.1. The van der Waals surface area contributed by atoms with Crippen molar-refractivity contribution in [3.8, 4) is 5.75 Å². The van der Waals surface area contributed by atoms with E-state index in [0.29, 0.717) is 24.0 Å². The van der Waals surface area contributed by atoms with Crippen LogP contribution >= 0.6 is 0 Å². The molecular weight excluding hydrogens is 518 g/mol. The number of hydrogen-bond donors (Lipinski definition) is 2. The maximum absolute atomic E-state index is 12.4. The zero-order chi connectivity index (χ0) is 31.4. The molecule has 224 valence electrons. The first kappa shape index (κ1) is 34.2. The van der Waals surface area contributed by atoms with Crippen molar-refractivity contribution in [1.29, 1.82) is 0 Å². The number of nitrogens with zero attached hydrogens (tertiary/aromatic N) is 1. The molecule has 1 aliphatic heterocycles. The summed E-state index contributed by atoms with van der Waals surface area (Å²) in [5.74, 6) is 0.952. The van der Waals surface area contributed by atoms with Gasteiger partial charge in [0.25, 0.3) is 0 Å². The highest BCUT2D eigenvalue weighted by atomic mass is 16.5. The number of nitrogens with one attached hydrogen (secondary N) is 1. The Morgan fingerprint density at radius 2 is 1.67 bits per heavy atom. The number of ether oxygens (including phenoxy) is 1. The lowest BCUT2D eigenvalue weighted by Crippen LogP contribution is -2.42. The van der Waals surface area contributed by atoms with Crippen molar-refractivity contribution in [2.45, 2.75) is 74.5 Å². The van der Waals surface area contributed by atoms with Crippen molar-refractivity contribution < 1.29 is 9.53 Å². The van der Waals surface area contributed by atoms with Gasteiger partial charge in [-0.15, -0.1) is 0 Å². The molecule has 4 rings (SSSR count). The number of rotatable bonds is 5. The second-order valence-corrected chi connectivity index (χ2v) is 10.3. The van der Waals surface area contributed by atoms with Crippen LogP contribution in [-0.4, -0.2) is 19.0 Å². The number of fused-ring (bicyclic) bond motifs is 6. The third-order valence-electron chi connectivity index (χ3n) is 7.01. The minimum Gasteiger partial charge on any atom is -0.487 e. The molecule has 5 nitrogen and oxygen atoms in total. The number of nitrogens with two attached hydrogens (primary N) is 1. The van der Waals surface area contributed by atoms with E-state index in [9.17, 15) is 4.79 Å². The van der Waals surface area contributed by atoms with Gasteiger partial charge in [0, 0.05) is 12.4 Å². The lowest BCUT2D eigenvalue weighted by atomic mass is 9.76. The van der Waals surface area contributed by atoms with Crippen molar-refractivity contribution in [1.82, 2.24) is 5.32 Å². The molecule has 3 aromatic carbocycles. The monoisotopic (exact) mass is 567 g/mol. The number of benzene rings is 3. The van der Waals surface area contributed by atoms with Crippen molar-refractivity contribution in [3.05, 3.63) is 112 Å². The minimum atomic E-state index is -0.726. The second-order valence-electron chi connectivity index (χ2n) is 10.3. The molecular formula is C37H49N3O2. The van der Waals surface area contributed by atoms with Gasteiger partial charge in [0.2, 0.25) is 0 Å². The number of ketones is 1. The lowest BCUT2D eigenvalue weighted by molar-refractivity contribution is -0.112. The van der Waals surface area contributed by atoms with E-state index in [1.54, 1.807) is 13.0 Å². The van der Waals surface area contributed by atoms with Gasteiger partial charge < -0.3 is 15.8 Å². The van der Waals surface area contributed by atoms with Gasteiger partial charge in [-0.1, -0.05) is 77.9 Å². The Balaban J connectivity index is 0.00000148. The molecule has 1 unspecified atom stereocenters. The number of aryl methyl sites for hydroxylation is 1. The van der Waals surface area contributed by atoms with Crippen LogP contribution in [0.15, 0.2) is 83.5 Å². The largest absolute Gasteiger partial charge is 0.487 e. The van der Waals surface area contributed by atoms with E-state index in [2.05, 4.69) is 62.3 Å². The Morgan fingerprint density at radius 1 is 1.00 bits per heavy atom. The van der Waals surface area contributed by atoms with E-state index in [1.807, 2.05) is 83.6 Å². The zero-order valence-corrected chi connectivity index (χ0v) is 27.1. The summed E-state index contributed by atoms with van der Waals surface area (Å²) in [6, 6.07) is 20.5. The predicted octanol–water partition coefficient (Wildman–Crippen LogP) is 8.64. The number of nitrogen functional groups attached to an aromatic ring is 1.